The molecule has 0 amide bonds. The first-order chi connectivity index (χ1) is 8.38. The minimum atomic E-state index is 0.311. The molecule has 1 fully saturated rings. The highest BCUT2D eigenvalue weighted by Gasteiger charge is 2.14. The molecule has 0 bridgehead atoms. The molecule has 0 unspecified atom stereocenters. The van der Waals surface area contributed by atoms with Gasteiger partial charge in [0.1, 0.15) is 18.0 Å². The average molecular weight is 237 g/mol. The van der Waals surface area contributed by atoms with Crippen LogP contribution in [0, 0.1) is 0 Å². The molecule has 2 heterocycles. The molecule has 4 N–H and O–H groups in total. The Kier molecular flexibility index (Phi) is 4.52. The van der Waals surface area contributed by atoms with Crippen LogP contribution < -0.4 is 16.4 Å². The molecular formula is C11H19N5O. The molecule has 1 saturated heterocycles. The van der Waals surface area contributed by atoms with E-state index in [1.807, 2.05) is 6.07 Å². The van der Waals surface area contributed by atoms with Gasteiger partial charge in [-0.05, 0) is 12.8 Å². The van der Waals surface area contributed by atoms with Crippen LogP contribution in [0.4, 0.5) is 11.6 Å². The number of ether oxygens (including phenoxy) is 1. The summed E-state index contributed by atoms with van der Waals surface area (Å²) in [5.74, 6) is 1.61. The summed E-state index contributed by atoms with van der Waals surface area (Å²) in [6.07, 6.45) is 4.12. The van der Waals surface area contributed by atoms with Gasteiger partial charge in [-0.2, -0.15) is 0 Å². The summed E-state index contributed by atoms with van der Waals surface area (Å²) in [7, 11) is 0. The van der Waals surface area contributed by atoms with Gasteiger partial charge in [-0.25, -0.2) is 9.97 Å². The van der Waals surface area contributed by atoms with Crippen LogP contribution in [-0.2, 0) is 4.74 Å². The maximum Gasteiger partial charge on any atom is 0.131 e. The zero-order valence-corrected chi connectivity index (χ0v) is 9.85. The molecule has 94 valence electrons. The van der Waals surface area contributed by atoms with E-state index in [-0.39, 0.29) is 0 Å². The maximum absolute atomic E-state index is 5.53. The minimum Gasteiger partial charge on any atom is -0.376 e. The number of rotatable bonds is 6. The molecule has 0 saturated carbocycles. The van der Waals surface area contributed by atoms with Gasteiger partial charge < -0.3 is 21.1 Å². The van der Waals surface area contributed by atoms with Crippen molar-refractivity contribution < 1.29 is 4.74 Å². The van der Waals surface area contributed by atoms with E-state index in [1.54, 1.807) is 0 Å². The number of nitrogens with two attached hydrogens (primary N) is 1. The smallest absolute Gasteiger partial charge is 0.131 e. The maximum atomic E-state index is 5.53. The predicted octanol–water partition coefficient (Wildman–Crippen LogP) is 0.438. The Morgan fingerprint density at radius 2 is 2.18 bits per heavy atom. The van der Waals surface area contributed by atoms with Gasteiger partial charge in [0, 0.05) is 32.3 Å². The lowest BCUT2D eigenvalue weighted by molar-refractivity contribution is 0.120. The van der Waals surface area contributed by atoms with Gasteiger partial charge in [0.2, 0.25) is 0 Å². The molecule has 1 aliphatic rings. The summed E-state index contributed by atoms with van der Waals surface area (Å²) in [5.41, 5.74) is 5.42. The van der Waals surface area contributed by atoms with Crippen LogP contribution in [0.1, 0.15) is 12.8 Å². The molecule has 1 aromatic heterocycles. The third kappa shape index (κ3) is 3.83. The van der Waals surface area contributed by atoms with Crippen molar-refractivity contribution in [2.24, 2.45) is 5.73 Å². The van der Waals surface area contributed by atoms with E-state index < -0.39 is 0 Å². The average Bonchev–Trinajstić information content (AvgIpc) is 2.87. The van der Waals surface area contributed by atoms with E-state index in [0.717, 1.165) is 37.6 Å². The van der Waals surface area contributed by atoms with E-state index >= 15 is 0 Å². The molecule has 1 atom stereocenters. The van der Waals surface area contributed by atoms with Gasteiger partial charge in [0.25, 0.3) is 0 Å². The molecule has 0 radical (unpaired) electrons. The minimum absolute atomic E-state index is 0.311. The first-order valence-corrected chi connectivity index (χ1v) is 6.00. The lowest BCUT2D eigenvalue weighted by Crippen LogP contribution is -2.19. The molecule has 6 heteroatoms. The molecule has 1 aliphatic heterocycles. The first-order valence-electron chi connectivity index (χ1n) is 6.00. The third-order valence-corrected chi connectivity index (χ3v) is 2.65. The number of nitrogens with one attached hydrogen (secondary N) is 2. The van der Waals surface area contributed by atoms with Crippen LogP contribution in [0.15, 0.2) is 12.4 Å². The lowest BCUT2D eigenvalue weighted by atomic mass is 10.2. The predicted molar refractivity (Wildman–Crippen MR) is 67.0 cm³/mol. The van der Waals surface area contributed by atoms with Gasteiger partial charge in [0.15, 0.2) is 0 Å². The fraction of sp³-hybridized carbons (Fsp3) is 0.636. The Hall–Kier alpha value is -1.40. The molecule has 1 aromatic rings. The van der Waals surface area contributed by atoms with Crippen molar-refractivity contribution in [1.29, 1.82) is 0 Å². The van der Waals surface area contributed by atoms with E-state index in [1.165, 1.54) is 6.33 Å². The molecule has 2 rings (SSSR count). The van der Waals surface area contributed by atoms with Crippen molar-refractivity contribution in [2.45, 2.75) is 18.9 Å². The van der Waals surface area contributed by atoms with Crippen molar-refractivity contribution in [3.63, 3.8) is 0 Å². The van der Waals surface area contributed by atoms with Gasteiger partial charge in [-0.1, -0.05) is 0 Å². The summed E-state index contributed by atoms with van der Waals surface area (Å²) >= 11 is 0. The largest absolute Gasteiger partial charge is 0.376 e. The van der Waals surface area contributed by atoms with Crippen molar-refractivity contribution in [2.75, 3.05) is 36.9 Å². The molecule has 0 aliphatic carbocycles. The fourth-order valence-corrected chi connectivity index (χ4v) is 1.77. The van der Waals surface area contributed by atoms with Crippen LogP contribution in [-0.4, -0.2) is 42.3 Å². The summed E-state index contributed by atoms with van der Waals surface area (Å²) in [6, 6.07) is 1.88. The van der Waals surface area contributed by atoms with E-state index in [4.69, 9.17) is 10.5 Å². The highest BCUT2D eigenvalue weighted by Crippen LogP contribution is 2.13. The molecule has 17 heavy (non-hydrogen) atoms. The monoisotopic (exact) mass is 237 g/mol. The Morgan fingerprint density at radius 3 is 2.88 bits per heavy atom. The normalized spacial score (nSPS) is 19.2. The highest BCUT2D eigenvalue weighted by molar-refractivity contribution is 5.46. The highest BCUT2D eigenvalue weighted by atomic mass is 16.5. The van der Waals surface area contributed by atoms with E-state index in [2.05, 4.69) is 20.6 Å². The summed E-state index contributed by atoms with van der Waals surface area (Å²) < 4.78 is 5.53. The zero-order chi connectivity index (χ0) is 11.9. The summed E-state index contributed by atoms with van der Waals surface area (Å²) in [4.78, 5) is 8.27. The van der Waals surface area contributed by atoms with Crippen LogP contribution >= 0.6 is 0 Å². The topological polar surface area (TPSA) is 85.1 Å². The number of hydrogen-bond acceptors (Lipinski definition) is 6. The van der Waals surface area contributed by atoms with Crippen LogP contribution in [0.2, 0.25) is 0 Å². The second-order valence-corrected chi connectivity index (χ2v) is 4.02. The number of anilines is 2. The molecule has 6 nitrogen and oxygen atoms in total. The van der Waals surface area contributed by atoms with Crippen LogP contribution in [0.3, 0.4) is 0 Å². The molecular weight excluding hydrogens is 218 g/mol. The van der Waals surface area contributed by atoms with E-state index in [0.29, 0.717) is 19.2 Å². The van der Waals surface area contributed by atoms with Gasteiger partial charge in [-0.15, -0.1) is 0 Å². The molecule has 0 aromatic carbocycles. The van der Waals surface area contributed by atoms with Crippen molar-refractivity contribution in [1.82, 2.24) is 9.97 Å². The van der Waals surface area contributed by atoms with Gasteiger partial charge in [-0.3, -0.25) is 0 Å². The second kappa shape index (κ2) is 6.36. The van der Waals surface area contributed by atoms with E-state index in [9.17, 15) is 0 Å². The zero-order valence-electron chi connectivity index (χ0n) is 9.85. The van der Waals surface area contributed by atoms with Crippen molar-refractivity contribution in [3.05, 3.63) is 12.4 Å². The number of nitrogens with zero attached hydrogens (tertiary/aromatic N) is 2. The van der Waals surface area contributed by atoms with Crippen molar-refractivity contribution in [3.8, 4) is 0 Å². The second-order valence-electron chi connectivity index (χ2n) is 4.02. The Bertz CT molecular complexity index is 340. The number of hydrogen-bond donors (Lipinski definition) is 3. The Balaban J connectivity index is 1.82. The first kappa shape index (κ1) is 12.1. The summed E-state index contributed by atoms with van der Waals surface area (Å²) in [5, 5.41) is 6.37. The lowest BCUT2D eigenvalue weighted by Gasteiger charge is -2.11. The third-order valence-electron chi connectivity index (χ3n) is 2.65. The van der Waals surface area contributed by atoms with Crippen LogP contribution in [0.25, 0.3) is 0 Å². The standard InChI is InChI=1S/C11H19N5O/c12-3-4-13-10-6-11(16-8-15-10)14-7-9-2-1-5-17-9/h6,8-9H,1-5,7,12H2,(H2,13,14,15,16)/t9-/m1/s1. The molecule has 0 spiro atoms. The van der Waals surface area contributed by atoms with Gasteiger partial charge in [0.05, 0.1) is 6.10 Å². The van der Waals surface area contributed by atoms with Crippen molar-refractivity contribution >= 4 is 11.6 Å². The summed E-state index contributed by atoms with van der Waals surface area (Å²) in [6.45, 7) is 2.97. The fourth-order valence-electron chi connectivity index (χ4n) is 1.77. The SMILES string of the molecule is NCCNc1cc(NC[C@H]2CCCO2)ncn1. The number of aromatic nitrogens is 2. The van der Waals surface area contributed by atoms with Crippen LogP contribution in [0.5, 0.6) is 0 Å². The Morgan fingerprint density at radius 1 is 1.35 bits per heavy atom. The van der Waals surface area contributed by atoms with Gasteiger partial charge >= 0.3 is 0 Å². The quantitative estimate of drug-likeness (QED) is 0.665. The Labute approximate surface area is 101 Å².